The van der Waals surface area contributed by atoms with E-state index < -0.39 is 0 Å². The van der Waals surface area contributed by atoms with E-state index in [2.05, 4.69) is 26.8 Å². The van der Waals surface area contributed by atoms with Crippen molar-refractivity contribution >= 4 is 6.08 Å². The summed E-state index contributed by atoms with van der Waals surface area (Å²) in [5.41, 5.74) is 3.75. The number of aliphatic hydroxyl groups is 3. The Morgan fingerprint density at radius 3 is 2.07 bits per heavy atom. The molecule has 154 valence electrons. The Balaban J connectivity index is 0.000000399. The molecule has 0 spiro atoms. The molecule has 0 saturated heterocycles. The van der Waals surface area contributed by atoms with Crippen LogP contribution in [0.2, 0.25) is 0 Å². The van der Waals surface area contributed by atoms with Gasteiger partial charge in [-0.3, -0.25) is 0 Å². The molecule has 0 amide bonds. The zero-order valence-electron chi connectivity index (χ0n) is 17.2. The molecule has 2 rings (SSSR count). The van der Waals surface area contributed by atoms with Crippen LogP contribution >= 0.6 is 0 Å². The average Bonchev–Trinajstić information content (AvgIpc) is 3.22. The molecule has 0 bridgehead atoms. The first-order valence-electron chi connectivity index (χ1n) is 9.39. The maximum Gasteiger partial charge on any atom is 0.129 e. The normalized spacial score (nSPS) is 10.6. The maximum absolute atomic E-state index is 8.55. The number of benzene rings is 1. The molecule has 0 aliphatic rings. The highest BCUT2D eigenvalue weighted by Gasteiger charge is 1.87. The summed E-state index contributed by atoms with van der Waals surface area (Å²) in [6.07, 6.45) is 11.4. The first kappa shape index (κ1) is 25.6. The van der Waals surface area contributed by atoms with Gasteiger partial charge in [0.25, 0.3) is 0 Å². The smallest absolute Gasteiger partial charge is 0.129 e. The van der Waals surface area contributed by atoms with E-state index in [0.29, 0.717) is 5.76 Å². The minimum absolute atomic E-state index is 0.00694. The number of aliphatic hydroxyl groups excluding tert-OH is 3. The predicted molar refractivity (Wildman–Crippen MR) is 117 cm³/mol. The third kappa shape index (κ3) is 15.8. The third-order valence-electron chi connectivity index (χ3n) is 3.48. The fourth-order valence-corrected chi connectivity index (χ4v) is 2.00. The number of allylic oxidation sites excluding steroid dienone is 3. The van der Waals surface area contributed by atoms with Gasteiger partial charge in [-0.1, -0.05) is 65.8 Å². The van der Waals surface area contributed by atoms with Crippen LogP contribution in [0, 0.1) is 0 Å². The molecule has 0 saturated carbocycles. The predicted octanol–water partition coefficient (Wildman–Crippen LogP) is 5.14. The second-order valence-electron chi connectivity index (χ2n) is 6.29. The Kier molecular flexibility index (Phi) is 16.4. The zero-order valence-corrected chi connectivity index (χ0v) is 17.2. The van der Waals surface area contributed by atoms with E-state index in [-0.39, 0.29) is 19.8 Å². The molecule has 3 N–H and O–H groups in total. The summed E-state index contributed by atoms with van der Waals surface area (Å²) in [4.78, 5) is 0. The van der Waals surface area contributed by atoms with Crippen molar-refractivity contribution in [3.8, 4) is 0 Å². The molecule has 1 heterocycles. The second kappa shape index (κ2) is 18.0. The van der Waals surface area contributed by atoms with Gasteiger partial charge in [0.05, 0.1) is 19.5 Å². The van der Waals surface area contributed by atoms with E-state index in [4.69, 9.17) is 19.7 Å². The summed E-state index contributed by atoms with van der Waals surface area (Å²) in [5.74, 6) is 0.611. The number of rotatable bonds is 7. The third-order valence-corrected chi connectivity index (χ3v) is 3.48. The lowest BCUT2D eigenvalue weighted by Crippen LogP contribution is -1.80. The standard InChI is InChI=1S/C10H18O.C9H10O.C5H6O2/c1-9(2)5-4-6-10(3)7-8-11;10-8-4-7-9-5-2-1-3-6-9;6-4-5-2-1-3-7-5/h5,7,11H,4,6,8H2,1-3H3;1-7,10H,8H2;1-3,6H,4H2/b10-7+;7-4+;. The summed E-state index contributed by atoms with van der Waals surface area (Å²) >= 11 is 0. The van der Waals surface area contributed by atoms with Crippen molar-refractivity contribution in [2.75, 3.05) is 13.2 Å². The highest BCUT2D eigenvalue weighted by atomic mass is 16.4. The van der Waals surface area contributed by atoms with Gasteiger partial charge < -0.3 is 19.7 Å². The molecule has 0 atom stereocenters. The second-order valence-corrected chi connectivity index (χ2v) is 6.29. The molecule has 4 heteroatoms. The molecule has 0 radical (unpaired) electrons. The van der Waals surface area contributed by atoms with Crippen molar-refractivity contribution in [2.24, 2.45) is 0 Å². The molecule has 0 aliphatic carbocycles. The van der Waals surface area contributed by atoms with E-state index in [1.807, 2.05) is 42.5 Å². The quantitative estimate of drug-likeness (QED) is 0.576. The van der Waals surface area contributed by atoms with Crippen LogP contribution in [-0.2, 0) is 6.61 Å². The van der Waals surface area contributed by atoms with Crippen LogP contribution in [0.4, 0.5) is 0 Å². The van der Waals surface area contributed by atoms with Crippen LogP contribution in [-0.4, -0.2) is 28.5 Å². The van der Waals surface area contributed by atoms with E-state index in [1.165, 1.54) is 17.4 Å². The summed E-state index contributed by atoms with van der Waals surface area (Å²) in [7, 11) is 0. The first-order valence-corrected chi connectivity index (χ1v) is 9.39. The largest absolute Gasteiger partial charge is 0.467 e. The summed E-state index contributed by atoms with van der Waals surface area (Å²) in [6.45, 7) is 6.52. The Labute approximate surface area is 169 Å². The van der Waals surface area contributed by atoms with E-state index in [1.54, 1.807) is 18.2 Å². The van der Waals surface area contributed by atoms with Gasteiger partial charge in [-0.15, -0.1) is 0 Å². The molecule has 0 fully saturated rings. The number of furan rings is 1. The molecular weight excluding hydrogens is 352 g/mol. The molecule has 2 aromatic rings. The van der Waals surface area contributed by atoms with Crippen LogP contribution in [0.5, 0.6) is 0 Å². The molecular formula is C24H34O4. The van der Waals surface area contributed by atoms with Crippen molar-refractivity contribution in [1.82, 2.24) is 0 Å². The highest BCUT2D eigenvalue weighted by Crippen LogP contribution is 2.05. The molecule has 0 aliphatic heterocycles. The number of hydrogen-bond acceptors (Lipinski definition) is 4. The lowest BCUT2D eigenvalue weighted by Gasteiger charge is -1.96. The van der Waals surface area contributed by atoms with Gasteiger partial charge in [0.2, 0.25) is 0 Å². The summed E-state index contributed by atoms with van der Waals surface area (Å²) in [5, 5.41) is 25.3. The monoisotopic (exact) mass is 386 g/mol. The average molecular weight is 387 g/mol. The van der Waals surface area contributed by atoms with Crippen LogP contribution in [0.15, 0.2) is 82.5 Å². The maximum atomic E-state index is 8.55. The van der Waals surface area contributed by atoms with Gasteiger partial charge in [-0.2, -0.15) is 0 Å². The number of hydrogen-bond donors (Lipinski definition) is 3. The van der Waals surface area contributed by atoms with Crippen molar-refractivity contribution in [3.05, 3.63) is 89.4 Å². The topological polar surface area (TPSA) is 73.8 Å². The fourth-order valence-electron chi connectivity index (χ4n) is 2.00. The molecule has 28 heavy (non-hydrogen) atoms. The van der Waals surface area contributed by atoms with Gasteiger partial charge >= 0.3 is 0 Å². The minimum atomic E-state index is -0.00694. The van der Waals surface area contributed by atoms with Gasteiger partial charge in [0.1, 0.15) is 12.4 Å². The van der Waals surface area contributed by atoms with Crippen LogP contribution < -0.4 is 0 Å². The SMILES string of the molecule is CC(C)=CCC/C(C)=C/CO.OC/C=C/c1ccccc1.OCc1ccco1. The summed E-state index contributed by atoms with van der Waals surface area (Å²) in [6, 6.07) is 13.4. The van der Waals surface area contributed by atoms with E-state index >= 15 is 0 Å². The minimum Gasteiger partial charge on any atom is -0.467 e. The van der Waals surface area contributed by atoms with Crippen LogP contribution in [0.1, 0.15) is 44.9 Å². The summed E-state index contributed by atoms with van der Waals surface area (Å²) < 4.78 is 4.73. The van der Waals surface area contributed by atoms with Gasteiger partial charge in [0, 0.05) is 0 Å². The van der Waals surface area contributed by atoms with Crippen LogP contribution in [0.25, 0.3) is 6.08 Å². The lowest BCUT2D eigenvalue weighted by molar-refractivity contribution is 0.247. The Hall–Kier alpha value is -2.40. The van der Waals surface area contributed by atoms with Crippen molar-refractivity contribution in [3.63, 3.8) is 0 Å². The molecule has 4 nitrogen and oxygen atoms in total. The molecule has 1 aromatic carbocycles. The van der Waals surface area contributed by atoms with E-state index in [0.717, 1.165) is 18.4 Å². The Morgan fingerprint density at radius 1 is 0.893 bits per heavy atom. The van der Waals surface area contributed by atoms with Crippen LogP contribution in [0.3, 0.4) is 0 Å². The highest BCUT2D eigenvalue weighted by molar-refractivity contribution is 5.48. The fraction of sp³-hybridized carbons (Fsp3) is 0.333. The van der Waals surface area contributed by atoms with Gasteiger partial charge in [-0.05, 0) is 51.3 Å². The Morgan fingerprint density at radius 2 is 1.61 bits per heavy atom. The van der Waals surface area contributed by atoms with Crippen molar-refractivity contribution in [2.45, 2.75) is 40.2 Å². The lowest BCUT2D eigenvalue weighted by atomic mass is 10.1. The van der Waals surface area contributed by atoms with Crippen molar-refractivity contribution in [1.29, 1.82) is 0 Å². The Bertz CT molecular complexity index is 664. The van der Waals surface area contributed by atoms with E-state index in [9.17, 15) is 0 Å². The first-order chi connectivity index (χ1) is 13.5. The molecule has 0 unspecified atom stereocenters. The zero-order chi connectivity index (χ0) is 21.0. The molecule has 1 aromatic heterocycles. The van der Waals surface area contributed by atoms with Gasteiger partial charge in [0.15, 0.2) is 0 Å². The van der Waals surface area contributed by atoms with Gasteiger partial charge in [-0.25, -0.2) is 0 Å². The van der Waals surface area contributed by atoms with Crippen molar-refractivity contribution < 1.29 is 19.7 Å².